The van der Waals surface area contributed by atoms with Crippen molar-refractivity contribution in [2.45, 2.75) is 43.1 Å². The number of aliphatic hydroxyl groups excluding tert-OH is 1. The van der Waals surface area contributed by atoms with Crippen molar-refractivity contribution in [3.05, 3.63) is 53.7 Å². The summed E-state index contributed by atoms with van der Waals surface area (Å²) in [5.74, 6) is 0.883. The molecular formula is C20H24FN3O2. The molecule has 0 amide bonds. The minimum atomic E-state index is -0.207. The predicted molar refractivity (Wildman–Crippen MR) is 96.6 cm³/mol. The van der Waals surface area contributed by atoms with E-state index in [2.05, 4.69) is 15.3 Å². The largest absolute Gasteiger partial charge is 0.393 e. The molecule has 26 heavy (non-hydrogen) atoms. The molecule has 6 heteroatoms. The van der Waals surface area contributed by atoms with Gasteiger partial charge in [-0.05, 0) is 43.4 Å². The lowest BCUT2D eigenvalue weighted by Gasteiger charge is -2.38. The van der Waals surface area contributed by atoms with Gasteiger partial charge in [0.15, 0.2) is 0 Å². The van der Waals surface area contributed by atoms with Crippen LogP contribution in [0.2, 0.25) is 0 Å². The SMILES string of the molecule is OC1CC(c2cc(NCC3(c4cccc(F)c4)CCOCC3)ncn2)C1. The molecule has 1 aliphatic heterocycles. The van der Waals surface area contributed by atoms with Crippen molar-refractivity contribution in [1.29, 1.82) is 0 Å². The second kappa shape index (κ2) is 7.29. The quantitative estimate of drug-likeness (QED) is 0.861. The Bertz CT molecular complexity index is 758. The first-order chi connectivity index (χ1) is 12.6. The maximum Gasteiger partial charge on any atom is 0.129 e. The topological polar surface area (TPSA) is 67.3 Å². The minimum absolute atomic E-state index is 0.169. The Kier molecular flexibility index (Phi) is 4.87. The number of aliphatic hydroxyl groups is 1. The third-order valence-electron chi connectivity index (χ3n) is 5.71. The highest BCUT2D eigenvalue weighted by Crippen LogP contribution is 2.37. The third-order valence-corrected chi connectivity index (χ3v) is 5.71. The summed E-state index contributed by atoms with van der Waals surface area (Å²) in [4.78, 5) is 8.68. The summed E-state index contributed by atoms with van der Waals surface area (Å²) in [7, 11) is 0. The number of nitrogens with zero attached hydrogens (tertiary/aromatic N) is 2. The first-order valence-electron chi connectivity index (χ1n) is 9.22. The van der Waals surface area contributed by atoms with Crippen LogP contribution in [0, 0.1) is 5.82 Å². The molecule has 0 bridgehead atoms. The van der Waals surface area contributed by atoms with Crippen molar-refractivity contribution in [3.8, 4) is 0 Å². The van der Waals surface area contributed by atoms with Gasteiger partial charge in [0.05, 0.1) is 6.10 Å². The summed E-state index contributed by atoms with van der Waals surface area (Å²) in [6, 6.07) is 8.85. The number of rotatable bonds is 5. The number of hydrogen-bond acceptors (Lipinski definition) is 5. The molecule has 2 fully saturated rings. The van der Waals surface area contributed by atoms with E-state index >= 15 is 0 Å². The summed E-state index contributed by atoms with van der Waals surface area (Å²) in [5, 5.41) is 12.9. The van der Waals surface area contributed by atoms with E-state index in [9.17, 15) is 9.50 Å². The van der Waals surface area contributed by atoms with Gasteiger partial charge >= 0.3 is 0 Å². The zero-order chi connectivity index (χ0) is 18.0. The molecule has 138 valence electrons. The zero-order valence-corrected chi connectivity index (χ0v) is 14.7. The zero-order valence-electron chi connectivity index (χ0n) is 14.7. The van der Waals surface area contributed by atoms with Gasteiger partial charge < -0.3 is 15.2 Å². The van der Waals surface area contributed by atoms with Gasteiger partial charge in [-0.25, -0.2) is 14.4 Å². The number of aromatic nitrogens is 2. The van der Waals surface area contributed by atoms with Crippen LogP contribution in [0.4, 0.5) is 10.2 Å². The number of anilines is 1. The lowest BCUT2D eigenvalue weighted by atomic mass is 9.74. The predicted octanol–water partition coefficient (Wildman–Crippen LogP) is 3.01. The monoisotopic (exact) mass is 357 g/mol. The van der Waals surface area contributed by atoms with Gasteiger partial charge in [0.1, 0.15) is 18.0 Å². The first kappa shape index (κ1) is 17.4. The van der Waals surface area contributed by atoms with E-state index in [1.807, 2.05) is 12.1 Å². The van der Waals surface area contributed by atoms with Gasteiger partial charge in [0.2, 0.25) is 0 Å². The van der Waals surface area contributed by atoms with Crippen LogP contribution in [-0.2, 0) is 10.2 Å². The Labute approximate surface area is 152 Å². The number of nitrogens with one attached hydrogen (secondary N) is 1. The van der Waals surface area contributed by atoms with Crippen molar-refractivity contribution < 1.29 is 14.2 Å². The lowest BCUT2D eigenvalue weighted by molar-refractivity contribution is 0.0542. The second-order valence-corrected chi connectivity index (χ2v) is 7.41. The van der Waals surface area contributed by atoms with Crippen LogP contribution in [0.1, 0.15) is 42.9 Å². The van der Waals surface area contributed by atoms with E-state index in [0.717, 1.165) is 42.8 Å². The summed E-state index contributed by atoms with van der Waals surface area (Å²) in [6.07, 6.45) is 4.58. The molecule has 4 rings (SSSR count). The normalized spacial score (nSPS) is 24.7. The lowest BCUT2D eigenvalue weighted by Crippen LogP contribution is -2.40. The molecule has 2 aromatic rings. The van der Waals surface area contributed by atoms with Crippen LogP contribution in [0.15, 0.2) is 36.7 Å². The second-order valence-electron chi connectivity index (χ2n) is 7.41. The van der Waals surface area contributed by atoms with Crippen molar-refractivity contribution >= 4 is 5.82 Å². The molecule has 1 aromatic carbocycles. The van der Waals surface area contributed by atoms with E-state index in [-0.39, 0.29) is 17.3 Å². The third kappa shape index (κ3) is 3.57. The smallest absolute Gasteiger partial charge is 0.129 e. The fraction of sp³-hybridized carbons (Fsp3) is 0.500. The Balaban J connectivity index is 1.51. The van der Waals surface area contributed by atoms with Gasteiger partial charge in [-0.15, -0.1) is 0 Å². The maximum atomic E-state index is 13.8. The van der Waals surface area contributed by atoms with Gasteiger partial charge in [-0.3, -0.25) is 0 Å². The van der Waals surface area contributed by atoms with Crippen LogP contribution >= 0.6 is 0 Å². The van der Waals surface area contributed by atoms with E-state index in [4.69, 9.17) is 4.74 Å². The fourth-order valence-corrected chi connectivity index (χ4v) is 3.93. The number of halogens is 1. The van der Waals surface area contributed by atoms with E-state index in [1.54, 1.807) is 18.5 Å². The molecule has 2 aliphatic rings. The van der Waals surface area contributed by atoms with Crippen molar-refractivity contribution in [3.63, 3.8) is 0 Å². The molecule has 2 N–H and O–H groups in total. The highest BCUT2D eigenvalue weighted by molar-refractivity contribution is 5.39. The molecule has 2 heterocycles. The molecule has 0 radical (unpaired) electrons. The number of benzene rings is 1. The van der Waals surface area contributed by atoms with E-state index < -0.39 is 0 Å². The summed E-state index contributed by atoms with van der Waals surface area (Å²) >= 11 is 0. The Morgan fingerprint density at radius 1 is 1.19 bits per heavy atom. The highest BCUT2D eigenvalue weighted by atomic mass is 19.1. The van der Waals surface area contributed by atoms with Crippen LogP contribution in [0.3, 0.4) is 0 Å². The van der Waals surface area contributed by atoms with Gasteiger partial charge in [-0.1, -0.05) is 12.1 Å². The van der Waals surface area contributed by atoms with Crippen molar-refractivity contribution in [2.24, 2.45) is 0 Å². The Hall–Kier alpha value is -2.05. The number of hydrogen-bond donors (Lipinski definition) is 2. The highest BCUT2D eigenvalue weighted by Gasteiger charge is 2.35. The molecule has 0 unspecified atom stereocenters. The van der Waals surface area contributed by atoms with Gasteiger partial charge in [0.25, 0.3) is 0 Å². The first-order valence-corrected chi connectivity index (χ1v) is 9.22. The van der Waals surface area contributed by atoms with Crippen LogP contribution in [-0.4, -0.2) is 40.9 Å². The summed E-state index contributed by atoms with van der Waals surface area (Å²) in [5.41, 5.74) is 1.81. The van der Waals surface area contributed by atoms with Crippen molar-refractivity contribution in [2.75, 3.05) is 25.1 Å². The van der Waals surface area contributed by atoms with E-state index in [0.29, 0.717) is 25.7 Å². The molecule has 1 saturated carbocycles. The fourth-order valence-electron chi connectivity index (χ4n) is 3.93. The van der Waals surface area contributed by atoms with Crippen LogP contribution in [0.5, 0.6) is 0 Å². The average Bonchev–Trinajstić information content (AvgIpc) is 2.65. The van der Waals surface area contributed by atoms with Gasteiger partial charge in [0, 0.05) is 42.9 Å². The minimum Gasteiger partial charge on any atom is -0.393 e. The summed E-state index contributed by atoms with van der Waals surface area (Å²) in [6.45, 7) is 2.02. The average molecular weight is 357 g/mol. The molecular weight excluding hydrogens is 333 g/mol. The van der Waals surface area contributed by atoms with Crippen molar-refractivity contribution in [1.82, 2.24) is 9.97 Å². The standard InChI is InChI=1S/C20H24FN3O2/c21-16-3-1-2-15(10-16)20(4-6-26-7-5-20)12-22-19-11-18(23-13-24-19)14-8-17(25)9-14/h1-3,10-11,13-14,17,25H,4-9,12H2,(H,22,23,24). The van der Waals surface area contributed by atoms with Gasteiger partial charge in [-0.2, -0.15) is 0 Å². The van der Waals surface area contributed by atoms with Crippen LogP contribution < -0.4 is 5.32 Å². The molecule has 5 nitrogen and oxygen atoms in total. The molecule has 1 aliphatic carbocycles. The molecule has 0 spiro atoms. The van der Waals surface area contributed by atoms with E-state index in [1.165, 1.54) is 6.07 Å². The Morgan fingerprint density at radius 2 is 2.00 bits per heavy atom. The Morgan fingerprint density at radius 3 is 2.73 bits per heavy atom. The number of ether oxygens (including phenoxy) is 1. The summed E-state index contributed by atoms with van der Waals surface area (Å²) < 4.78 is 19.3. The molecule has 0 atom stereocenters. The van der Waals surface area contributed by atoms with Crippen LogP contribution in [0.25, 0.3) is 0 Å². The maximum absolute atomic E-state index is 13.8. The molecule has 1 saturated heterocycles. The molecule has 1 aromatic heterocycles.